The second-order valence-electron chi connectivity index (χ2n) is 16.3. The zero-order valence-corrected chi connectivity index (χ0v) is 31.2. The van der Waals surface area contributed by atoms with E-state index in [9.17, 15) is 33.9 Å². The Morgan fingerprint density at radius 2 is 1.63 bits per heavy atom. The van der Waals surface area contributed by atoms with Gasteiger partial charge in [0.05, 0.1) is 25.1 Å². The fraction of sp³-hybridized carbons (Fsp3) is 0.676. The summed E-state index contributed by atoms with van der Waals surface area (Å²) in [7, 11) is 1.10. The summed E-state index contributed by atoms with van der Waals surface area (Å²) in [4.78, 5) is 80.3. The molecule has 0 radical (unpaired) electrons. The van der Waals surface area contributed by atoms with E-state index in [-0.39, 0.29) is 18.4 Å². The number of aliphatic hydroxyl groups is 1. The van der Waals surface area contributed by atoms with E-state index in [0.29, 0.717) is 5.56 Å². The van der Waals surface area contributed by atoms with Crippen LogP contribution in [0.5, 0.6) is 0 Å². The summed E-state index contributed by atoms with van der Waals surface area (Å²) in [6.07, 6.45) is -4.04. The van der Waals surface area contributed by atoms with Gasteiger partial charge in [0.15, 0.2) is 11.7 Å². The van der Waals surface area contributed by atoms with Crippen LogP contribution >= 0.6 is 0 Å². The van der Waals surface area contributed by atoms with Crippen molar-refractivity contribution in [2.75, 3.05) is 7.11 Å². The lowest BCUT2D eigenvalue weighted by Crippen LogP contribution is -2.94. The Labute approximate surface area is 308 Å². The van der Waals surface area contributed by atoms with Crippen molar-refractivity contribution in [1.82, 2.24) is 0 Å². The van der Waals surface area contributed by atoms with Crippen molar-refractivity contribution >= 4 is 35.8 Å². The highest BCUT2D eigenvalue weighted by atomic mass is 17.0. The van der Waals surface area contributed by atoms with E-state index in [1.807, 2.05) is 0 Å². The number of cyclic esters (lactones) is 1. The van der Waals surface area contributed by atoms with Crippen molar-refractivity contribution in [3.8, 4) is 0 Å². The first kappa shape index (κ1) is 36.6. The summed E-state index contributed by atoms with van der Waals surface area (Å²) in [5, 5.41) is 13.8. The van der Waals surface area contributed by atoms with Crippen LogP contribution in [0.2, 0.25) is 0 Å². The van der Waals surface area contributed by atoms with Crippen LogP contribution in [0.1, 0.15) is 79.9 Å². The van der Waals surface area contributed by atoms with E-state index in [1.54, 1.807) is 26.8 Å². The topological polar surface area (TPSA) is 219 Å². The highest BCUT2D eigenvalue weighted by Crippen LogP contribution is 2.88. The second-order valence-corrected chi connectivity index (χ2v) is 16.3. The molecule has 4 saturated carbocycles. The summed E-state index contributed by atoms with van der Waals surface area (Å²) in [6.45, 7) is 10.9. The number of ether oxygens (including phenoxy) is 9. The smallest absolute Gasteiger partial charge is 0.347 e. The van der Waals surface area contributed by atoms with Gasteiger partial charge in [-0.15, -0.1) is 0 Å². The molecule has 4 heterocycles. The van der Waals surface area contributed by atoms with Crippen LogP contribution in [0.3, 0.4) is 0 Å². The summed E-state index contributed by atoms with van der Waals surface area (Å²) >= 11 is 0. The molecule has 292 valence electrons. The molecule has 1 spiro atoms. The highest BCUT2D eigenvalue weighted by Gasteiger charge is 3.04. The van der Waals surface area contributed by atoms with Gasteiger partial charge in [-0.05, 0) is 25.0 Å². The molecule has 2 saturated heterocycles. The van der Waals surface area contributed by atoms with E-state index in [1.165, 1.54) is 32.4 Å². The number of carbonyl (C=O) groups excluding carboxylic acids is 6. The molecule has 2 unspecified atom stereocenters. The zero-order chi connectivity index (χ0) is 39.4. The summed E-state index contributed by atoms with van der Waals surface area (Å²) in [5.41, 5.74) is -13.2. The van der Waals surface area contributed by atoms with Crippen LogP contribution in [0.4, 0.5) is 0 Å². The van der Waals surface area contributed by atoms with Crippen LogP contribution in [0.25, 0.3) is 0 Å². The molecule has 17 heteroatoms. The first-order valence-corrected chi connectivity index (χ1v) is 17.6. The maximum atomic E-state index is 13.9. The van der Waals surface area contributed by atoms with Gasteiger partial charge in [0, 0.05) is 69.4 Å². The minimum Gasteiger partial charge on any atom is -0.472 e. The average molecular weight is 759 g/mol. The van der Waals surface area contributed by atoms with Crippen molar-refractivity contribution in [2.24, 2.45) is 22.2 Å². The van der Waals surface area contributed by atoms with Gasteiger partial charge < -0.3 is 52.2 Å². The largest absolute Gasteiger partial charge is 0.472 e. The Morgan fingerprint density at radius 1 is 0.944 bits per heavy atom. The molecule has 1 N–H and O–H groups in total. The number of furan rings is 1. The Bertz CT molecular complexity index is 1940. The molecule has 7 aliphatic rings. The molecule has 4 aliphatic carbocycles. The maximum absolute atomic E-state index is 13.9. The molecular formula is C37H42O17. The van der Waals surface area contributed by atoms with Crippen molar-refractivity contribution in [3.05, 3.63) is 35.8 Å². The number of hydrogen-bond acceptors (Lipinski definition) is 17. The molecule has 14 atom stereocenters. The van der Waals surface area contributed by atoms with Gasteiger partial charge in [-0.25, -0.2) is 9.59 Å². The van der Waals surface area contributed by atoms with Crippen LogP contribution in [-0.4, -0.2) is 101 Å². The number of rotatable bonds is 7. The van der Waals surface area contributed by atoms with Crippen LogP contribution < -0.4 is 0 Å². The van der Waals surface area contributed by atoms with E-state index < -0.39 is 117 Å². The highest BCUT2D eigenvalue weighted by molar-refractivity contribution is 5.86. The Hall–Kier alpha value is -4.32. The van der Waals surface area contributed by atoms with Crippen LogP contribution in [0.15, 0.2) is 34.7 Å². The fourth-order valence-electron chi connectivity index (χ4n) is 12.5. The molecule has 6 fully saturated rings. The summed E-state index contributed by atoms with van der Waals surface area (Å²) in [6, 6.07) is 1.59. The lowest BCUT2D eigenvalue weighted by atomic mass is 9.34. The van der Waals surface area contributed by atoms with Gasteiger partial charge in [0.1, 0.15) is 29.5 Å². The van der Waals surface area contributed by atoms with E-state index in [0.717, 1.165) is 27.9 Å². The number of hydrogen-bond donors (Lipinski definition) is 1. The first-order chi connectivity index (χ1) is 25.1. The lowest BCUT2D eigenvalue weighted by molar-refractivity contribution is -0.448. The van der Waals surface area contributed by atoms with Gasteiger partial charge in [-0.1, -0.05) is 13.8 Å². The molecule has 8 rings (SSSR count). The third-order valence-corrected chi connectivity index (χ3v) is 13.6. The molecule has 17 nitrogen and oxygen atoms in total. The second kappa shape index (κ2) is 10.7. The quantitative estimate of drug-likeness (QED) is 0.310. The Morgan fingerprint density at radius 3 is 2.20 bits per heavy atom. The number of methoxy groups -OCH3 is 1. The third kappa shape index (κ3) is 3.78. The molecule has 1 aromatic heterocycles. The van der Waals surface area contributed by atoms with Crippen molar-refractivity contribution in [2.45, 2.75) is 127 Å². The van der Waals surface area contributed by atoms with Gasteiger partial charge in [0.2, 0.25) is 11.7 Å². The standard InChI is InChI=1S/C37H42O17/c1-16(38)47-22-13-35-32(7)25(24(27(43)45-9)48-17(2)39)30(5)15-34(32,44)37(51-19(4)41,28(30)49-18(3)40)29-36(35,54-33(8,52-29)53-35)21-12-23(42)50-26(31(21,22)6)20-10-11-46-14-20/h10-12,14,22,24-26,28-29,44H,13,15H2,1-9H3/t22-,24?,25?,26+,28-,29-,30-,31-,32+,33-,34+,35-,36+,37-/m1/s1. The van der Waals surface area contributed by atoms with Crippen LogP contribution in [-0.2, 0) is 71.4 Å². The monoisotopic (exact) mass is 758 g/mol. The lowest BCUT2D eigenvalue weighted by Gasteiger charge is -2.76. The first-order valence-electron chi connectivity index (χ1n) is 17.6. The molecule has 0 amide bonds. The summed E-state index contributed by atoms with van der Waals surface area (Å²) < 4.78 is 61.6. The van der Waals surface area contributed by atoms with Crippen molar-refractivity contribution in [3.63, 3.8) is 0 Å². The van der Waals surface area contributed by atoms with Gasteiger partial charge in [-0.3, -0.25) is 19.2 Å². The molecule has 1 aromatic rings. The predicted octanol–water partition coefficient (Wildman–Crippen LogP) is 1.87. The molecular weight excluding hydrogens is 716 g/mol. The predicted molar refractivity (Wildman–Crippen MR) is 172 cm³/mol. The maximum Gasteiger partial charge on any atom is 0.347 e. The minimum atomic E-state index is -2.35. The molecule has 0 aromatic carbocycles. The molecule has 4 bridgehead atoms. The van der Waals surface area contributed by atoms with Gasteiger partial charge in [0.25, 0.3) is 5.97 Å². The third-order valence-electron chi connectivity index (χ3n) is 13.6. The Balaban J connectivity index is 1.53. The SMILES string of the molecule is COC(=O)C(OC(C)=O)C1[C@@]2(C)[C@@]3(O)C[C@@]1(C)[C@@H](OC(C)=O)[C@@]3(OC(C)=O)[C@@H]1O[C@]3(C)O[C@]24C[C@@H](OC(C)=O)[C@@]2(C)C(=CC(=O)O[C@H]2c2ccoc2)[C@]14O3. The van der Waals surface area contributed by atoms with E-state index in [2.05, 4.69) is 0 Å². The fourth-order valence-corrected chi connectivity index (χ4v) is 12.5. The van der Waals surface area contributed by atoms with Crippen LogP contribution in [0, 0.1) is 22.2 Å². The summed E-state index contributed by atoms with van der Waals surface area (Å²) in [5.74, 6) is -8.55. The van der Waals surface area contributed by atoms with E-state index >= 15 is 0 Å². The van der Waals surface area contributed by atoms with E-state index in [4.69, 9.17) is 47.0 Å². The Kier molecular flexibility index (Phi) is 7.26. The normalized spacial score (nSPS) is 47.7. The van der Waals surface area contributed by atoms with Crippen molar-refractivity contribution < 1.29 is 80.9 Å². The average Bonchev–Trinajstić information content (AvgIpc) is 3.83. The van der Waals surface area contributed by atoms with Gasteiger partial charge >= 0.3 is 35.8 Å². The number of esters is 6. The molecule has 54 heavy (non-hydrogen) atoms. The number of fused-ring (bicyclic) bond motifs is 4. The zero-order valence-electron chi connectivity index (χ0n) is 31.2. The van der Waals surface area contributed by atoms with Gasteiger partial charge in [-0.2, -0.15) is 0 Å². The molecule has 3 aliphatic heterocycles. The number of carbonyl (C=O) groups is 6. The minimum absolute atomic E-state index is 0.124. The van der Waals surface area contributed by atoms with Crippen molar-refractivity contribution in [1.29, 1.82) is 0 Å².